The number of non-ortho nitro benzene ring substituents is 1. The van der Waals surface area contributed by atoms with Gasteiger partial charge in [0.15, 0.2) is 5.17 Å². The zero-order valence-corrected chi connectivity index (χ0v) is 16.7. The van der Waals surface area contributed by atoms with Gasteiger partial charge < -0.3 is 0 Å². The number of rotatable bonds is 6. The number of carbonyl (C=O) groups is 1. The van der Waals surface area contributed by atoms with Crippen LogP contribution in [0.4, 0.5) is 5.69 Å². The first-order valence-corrected chi connectivity index (χ1v) is 10.9. The van der Waals surface area contributed by atoms with Crippen molar-refractivity contribution in [3.63, 3.8) is 0 Å². The average Bonchev–Trinajstić information content (AvgIpc) is 3.28. The highest BCUT2D eigenvalue weighted by Crippen LogP contribution is 2.34. The van der Waals surface area contributed by atoms with Gasteiger partial charge in [0.1, 0.15) is 4.21 Å². The molecule has 11 heteroatoms. The number of nitrogens with zero attached hydrogens (tertiary/aromatic N) is 3. The highest BCUT2D eigenvalue weighted by atomic mass is 32.2. The summed E-state index contributed by atoms with van der Waals surface area (Å²) in [5.41, 5.74) is 0.507. The van der Waals surface area contributed by atoms with E-state index in [1.165, 1.54) is 47.4 Å². The van der Waals surface area contributed by atoms with Crippen molar-refractivity contribution < 1.29 is 18.1 Å². The molecule has 1 fully saturated rings. The van der Waals surface area contributed by atoms with Crippen LogP contribution in [0.2, 0.25) is 0 Å². The van der Waals surface area contributed by atoms with Crippen LogP contribution in [0.3, 0.4) is 0 Å². The molecule has 1 aromatic heterocycles. The van der Waals surface area contributed by atoms with E-state index in [1.807, 2.05) is 0 Å². The maximum absolute atomic E-state index is 12.7. The summed E-state index contributed by atoms with van der Waals surface area (Å²) in [7, 11) is -3.93. The lowest BCUT2D eigenvalue weighted by Crippen LogP contribution is -2.29. The van der Waals surface area contributed by atoms with Gasteiger partial charge in [-0.25, -0.2) is 0 Å². The predicted octanol–water partition coefficient (Wildman–Crippen LogP) is 3.50. The van der Waals surface area contributed by atoms with Crippen molar-refractivity contribution in [1.82, 2.24) is 4.90 Å². The van der Waals surface area contributed by atoms with Crippen molar-refractivity contribution in [2.24, 2.45) is 4.40 Å². The van der Waals surface area contributed by atoms with Crippen molar-refractivity contribution in [3.8, 4) is 0 Å². The van der Waals surface area contributed by atoms with E-state index in [0.717, 1.165) is 23.1 Å². The van der Waals surface area contributed by atoms with E-state index in [2.05, 4.69) is 11.0 Å². The molecule has 3 rings (SSSR count). The highest BCUT2D eigenvalue weighted by molar-refractivity contribution is 8.19. The lowest BCUT2D eigenvalue weighted by atomic mass is 10.2. The molecule has 144 valence electrons. The van der Waals surface area contributed by atoms with E-state index in [9.17, 15) is 23.3 Å². The fourth-order valence-electron chi connectivity index (χ4n) is 2.27. The van der Waals surface area contributed by atoms with Crippen LogP contribution in [-0.2, 0) is 14.8 Å². The highest BCUT2D eigenvalue weighted by Gasteiger charge is 2.34. The van der Waals surface area contributed by atoms with Gasteiger partial charge in [-0.2, -0.15) is 8.42 Å². The van der Waals surface area contributed by atoms with Gasteiger partial charge in [-0.1, -0.05) is 12.1 Å². The summed E-state index contributed by atoms with van der Waals surface area (Å²) < 4.78 is 28.8. The molecule has 0 N–H and O–H groups in total. The number of hydrogen-bond acceptors (Lipinski definition) is 7. The maximum atomic E-state index is 12.7. The third-order valence-corrected chi connectivity index (χ3v) is 7.31. The largest absolute Gasteiger partial charge is 0.294 e. The van der Waals surface area contributed by atoms with Crippen LogP contribution >= 0.6 is 23.1 Å². The van der Waals surface area contributed by atoms with Crippen molar-refractivity contribution in [3.05, 3.63) is 75.0 Å². The Balaban J connectivity index is 1.95. The molecule has 0 aliphatic carbocycles. The lowest BCUT2D eigenvalue weighted by molar-refractivity contribution is -0.384. The minimum atomic E-state index is -3.93. The second-order valence-corrected chi connectivity index (χ2v) is 9.23. The molecule has 0 unspecified atom stereocenters. The fraction of sp³-hybridized carbons (Fsp3) is 0.0588. The Labute approximate surface area is 169 Å². The number of amides is 1. The fourth-order valence-corrected chi connectivity index (χ4v) is 5.43. The molecule has 0 spiro atoms. The summed E-state index contributed by atoms with van der Waals surface area (Å²) in [6.45, 7) is 3.69. The van der Waals surface area contributed by atoms with E-state index in [0.29, 0.717) is 5.56 Å². The zero-order chi connectivity index (χ0) is 20.3. The van der Waals surface area contributed by atoms with Gasteiger partial charge in [-0.05, 0) is 47.0 Å². The Morgan fingerprint density at radius 1 is 1.25 bits per heavy atom. The van der Waals surface area contributed by atoms with Crippen molar-refractivity contribution in [2.75, 3.05) is 6.54 Å². The molecule has 1 saturated heterocycles. The number of sulfonamides is 1. The number of thiophene rings is 1. The molecule has 2 aromatic rings. The van der Waals surface area contributed by atoms with Crippen LogP contribution in [0.15, 0.2) is 67.9 Å². The quantitative estimate of drug-likeness (QED) is 0.297. The van der Waals surface area contributed by atoms with Gasteiger partial charge in [-0.15, -0.1) is 22.3 Å². The Bertz CT molecular complexity index is 1090. The summed E-state index contributed by atoms with van der Waals surface area (Å²) in [6, 6.07) is 8.72. The number of thioether (sulfide) groups is 1. The maximum Gasteiger partial charge on any atom is 0.294 e. The Kier molecular flexibility index (Phi) is 5.77. The van der Waals surface area contributed by atoms with E-state index < -0.39 is 20.9 Å². The second kappa shape index (κ2) is 8.09. The van der Waals surface area contributed by atoms with Gasteiger partial charge in [0.2, 0.25) is 0 Å². The monoisotopic (exact) mass is 435 g/mol. The minimum absolute atomic E-state index is 0.0338. The van der Waals surface area contributed by atoms with Crippen molar-refractivity contribution >= 4 is 56.0 Å². The van der Waals surface area contributed by atoms with Gasteiger partial charge >= 0.3 is 0 Å². The van der Waals surface area contributed by atoms with Crippen LogP contribution < -0.4 is 0 Å². The summed E-state index contributed by atoms with van der Waals surface area (Å²) in [5.74, 6) is -0.414. The first-order chi connectivity index (χ1) is 13.3. The number of hydrogen-bond donors (Lipinski definition) is 0. The van der Waals surface area contributed by atoms with Gasteiger partial charge in [0, 0.05) is 18.7 Å². The smallest absolute Gasteiger partial charge is 0.282 e. The Hall–Kier alpha value is -2.76. The molecule has 28 heavy (non-hydrogen) atoms. The number of nitro groups is 1. The number of nitro benzene ring substituents is 1. The molecule has 0 atom stereocenters. The molecule has 1 aliphatic rings. The third-order valence-electron chi connectivity index (χ3n) is 3.55. The molecule has 8 nitrogen and oxygen atoms in total. The van der Waals surface area contributed by atoms with Gasteiger partial charge in [0.25, 0.3) is 21.6 Å². The second-order valence-electron chi connectivity index (χ2n) is 5.44. The van der Waals surface area contributed by atoms with Crippen molar-refractivity contribution in [1.29, 1.82) is 0 Å². The lowest BCUT2D eigenvalue weighted by Gasteiger charge is -2.12. The predicted molar refractivity (Wildman–Crippen MR) is 110 cm³/mol. The first kappa shape index (κ1) is 20.0. The van der Waals surface area contributed by atoms with Gasteiger partial charge in [-0.3, -0.25) is 19.8 Å². The molecular formula is C17H13N3O5S3. The minimum Gasteiger partial charge on any atom is -0.282 e. The molecule has 1 aliphatic heterocycles. The Morgan fingerprint density at radius 3 is 2.54 bits per heavy atom. The normalized spacial score (nSPS) is 17.4. The molecule has 2 heterocycles. The topological polar surface area (TPSA) is 110 Å². The number of benzene rings is 1. The van der Waals surface area contributed by atoms with Gasteiger partial charge in [0.05, 0.1) is 9.83 Å². The molecule has 1 amide bonds. The average molecular weight is 436 g/mol. The number of carbonyl (C=O) groups excluding carboxylic acids is 1. The SMILES string of the molecule is C=CCN1C(=O)C(=Cc2ccc([N+](=O)[O-])cc2)SC1=NS(=O)(=O)c1cccs1. The standard InChI is InChI=1S/C17H13N3O5S3/c1-2-9-19-16(21)14(11-12-5-7-13(8-6-12)20(22)23)27-17(19)18-28(24,25)15-4-3-10-26-15/h2-8,10-11H,1,9H2. The van der Waals surface area contributed by atoms with Crippen LogP contribution in [0.1, 0.15) is 5.56 Å². The Morgan fingerprint density at radius 2 is 1.96 bits per heavy atom. The molecule has 0 radical (unpaired) electrons. The summed E-state index contributed by atoms with van der Waals surface area (Å²) in [6.07, 6.45) is 3.01. The van der Waals surface area contributed by atoms with Crippen LogP contribution in [-0.4, -0.2) is 35.9 Å². The zero-order valence-electron chi connectivity index (χ0n) is 14.2. The van der Waals surface area contributed by atoms with E-state index in [1.54, 1.807) is 11.4 Å². The molecular weight excluding hydrogens is 422 g/mol. The molecule has 0 bridgehead atoms. The third kappa shape index (κ3) is 4.21. The first-order valence-electron chi connectivity index (χ1n) is 7.77. The van der Waals surface area contributed by atoms with Crippen LogP contribution in [0.5, 0.6) is 0 Å². The van der Waals surface area contributed by atoms with E-state index >= 15 is 0 Å². The molecule has 0 saturated carbocycles. The van der Waals surface area contributed by atoms with E-state index in [-0.39, 0.29) is 26.5 Å². The van der Waals surface area contributed by atoms with E-state index in [4.69, 9.17) is 0 Å². The van der Waals surface area contributed by atoms with Crippen LogP contribution in [0, 0.1) is 10.1 Å². The summed E-state index contributed by atoms with van der Waals surface area (Å²) in [5, 5.41) is 12.4. The van der Waals surface area contributed by atoms with Crippen molar-refractivity contribution in [2.45, 2.75) is 4.21 Å². The van der Waals surface area contributed by atoms with Crippen LogP contribution in [0.25, 0.3) is 6.08 Å². The molecule has 1 aromatic carbocycles. The number of amidine groups is 1. The summed E-state index contributed by atoms with van der Waals surface area (Å²) >= 11 is 1.97. The summed E-state index contributed by atoms with van der Waals surface area (Å²) in [4.78, 5) is 24.4.